The lowest BCUT2D eigenvalue weighted by molar-refractivity contribution is 0.415. The summed E-state index contributed by atoms with van der Waals surface area (Å²) in [5.74, 6) is 2.13. The molecule has 0 fully saturated rings. The van der Waals surface area contributed by atoms with Crippen LogP contribution in [0.4, 0.5) is 0 Å². The molecule has 0 spiro atoms. The van der Waals surface area contributed by atoms with Gasteiger partial charge in [-0.2, -0.15) is 11.8 Å². The predicted octanol–water partition coefficient (Wildman–Crippen LogP) is 4.25. The summed E-state index contributed by atoms with van der Waals surface area (Å²) in [4.78, 5) is 0. The molecule has 0 aliphatic rings. The van der Waals surface area contributed by atoms with Crippen molar-refractivity contribution in [1.29, 1.82) is 0 Å². The maximum Gasteiger partial charge on any atom is 0.119 e. The number of methoxy groups -OCH3 is 1. The Morgan fingerprint density at radius 2 is 1.90 bits per heavy atom. The van der Waals surface area contributed by atoms with Crippen molar-refractivity contribution < 1.29 is 4.74 Å². The molecule has 0 aliphatic heterocycles. The van der Waals surface area contributed by atoms with E-state index in [1.54, 1.807) is 7.11 Å². The molecule has 2 aromatic rings. The van der Waals surface area contributed by atoms with Gasteiger partial charge in [0.15, 0.2) is 0 Å². The summed E-state index contributed by atoms with van der Waals surface area (Å²) >= 11 is 1.90. The molecule has 0 radical (unpaired) electrons. The SMILES string of the molecule is COc1ccc2cc(C(C)NCCCSC)ccc2c1. The minimum absolute atomic E-state index is 0.392. The van der Waals surface area contributed by atoms with Gasteiger partial charge < -0.3 is 10.1 Å². The third-order valence-corrected chi connectivity index (χ3v) is 4.24. The second kappa shape index (κ2) is 7.55. The van der Waals surface area contributed by atoms with E-state index in [9.17, 15) is 0 Å². The van der Waals surface area contributed by atoms with Gasteiger partial charge in [0, 0.05) is 6.04 Å². The average Bonchev–Trinajstić information content (AvgIpc) is 2.50. The molecule has 2 rings (SSSR count). The molecule has 1 atom stereocenters. The first-order valence-corrected chi connectivity index (χ1v) is 8.44. The first kappa shape index (κ1) is 15.2. The molecule has 0 amide bonds. The topological polar surface area (TPSA) is 21.3 Å². The summed E-state index contributed by atoms with van der Waals surface area (Å²) in [6.07, 6.45) is 3.37. The highest BCUT2D eigenvalue weighted by Crippen LogP contribution is 2.24. The molecule has 2 aromatic carbocycles. The predicted molar refractivity (Wildman–Crippen MR) is 89.9 cm³/mol. The van der Waals surface area contributed by atoms with Crippen molar-refractivity contribution in [3.63, 3.8) is 0 Å². The third-order valence-electron chi connectivity index (χ3n) is 3.55. The van der Waals surface area contributed by atoms with E-state index in [2.05, 4.69) is 48.8 Å². The van der Waals surface area contributed by atoms with Crippen LogP contribution in [0.5, 0.6) is 5.75 Å². The van der Waals surface area contributed by atoms with Crippen LogP contribution in [0, 0.1) is 0 Å². The van der Waals surface area contributed by atoms with Gasteiger partial charge in [0.2, 0.25) is 0 Å². The molecule has 0 heterocycles. The Morgan fingerprint density at radius 1 is 1.15 bits per heavy atom. The van der Waals surface area contributed by atoms with Gasteiger partial charge >= 0.3 is 0 Å². The maximum atomic E-state index is 5.26. The molecule has 1 N–H and O–H groups in total. The number of ether oxygens (including phenoxy) is 1. The van der Waals surface area contributed by atoms with Gasteiger partial charge in [-0.05, 0) is 66.4 Å². The average molecular weight is 289 g/mol. The lowest BCUT2D eigenvalue weighted by Gasteiger charge is -2.15. The Bertz CT molecular complexity index is 556. The van der Waals surface area contributed by atoms with Crippen LogP contribution in [-0.4, -0.2) is 25.7 Å². The normalized spacial score (nSPS) is 12.6. The fraction of sp³-hybridized carbons (Fsp3) is 0.412. The molecular weight excluding hydrogens is 266 g/mol. The monoisotopic (exact) mass is 289 g/mol. The molecule has 3 heteroatoms. The minimum atomic E-state index is 0.392. The standard InChI is InChI=1S/C17H23NOS/c1-13(18-9-4-10-20-3)14-5-6-16-12-17(19-2)8-7-15(16)11-14/h5-8,11-13,18H,4,9-10H2,1-3H3. The van der Waals surface area contributed by atoms with Crippen LogP contribution in [0.15, 0.2) is 36.4 Å². The lowest BCUT2D eigenvalue weighted by atomic mass is 10.0. The largest absolute Gasteiger partial charge is 0.497 e. The van der Waals surface area contributed by atoms with E-state index in [1.165, 1.54) is 28.5 Å². The summed E-state index contributed by atoms with van der Waals surface area (Å²) in [6, 6.07) is 13.3. The summed E-state index contributed by atoms with van der Waals surface area (Å²) < 4.78 is 5.26. The Balaban J connectivity index is 2.07. The van der Waals surface area contributed by atoms with Gasteiger partial charge in [-0.25, -0.2) is 0 Å². The van der Waals surface area contributed by atoms with E-state index in [0.29, 0.717) is 6.04 Å². The van der Waals surface area contributed by atoms with E-state index < -0.39 is 0 Å². The van der Waals surface area contributed by atoms with Gasteiger partial charge in [0.25, 0.3) is 0 Å². The van der Waals surface area contributed by atoms with Gasteiger partial charge in [0.1, 0.15) is 5.75 Å². The van der Waals surface area contributed by atoms with Crippen molar-refractivity contribution in [2.75, 3.05) is 25.7 Å². The van der Waals surface area contributed by atoms with Crippen LogP contribution in [0.1, 0.15) is 24.9 Å². The smallest absolute Gasteiger partial charge is 0.119 e. The van der Waals surface area contributed by atoms with E-state index in [1.807, 2.05) is 17.8 Å². The van der Waals surface area contributed by atoms with E-state index in [0.717, 1.165) is 12.3 Å². The number of fused-ring (bicyclic) bond motifs is 1. The summed E-state index contributed by atoms with van der Waals surface area (Å²) in [5.41, 5.74) is 1.34. The van der Waals surface area contributed by atoms with Gasteiger partial charge in [0.05, 0.1) is 7.11 Å². The number of hydrogen-bond acceptors (Lipinski definition) is 3. The second-order valence-electron chi connectivity index (χ2n) is 4.99. The molecule has 0 aromatic heterocycles. The highest BCUT2D eigenvalue weighted by molar-refractivity contribution is 7.98. The third kappa shape index (κ3) is 3.90. The maximum absolute atomic E-state index is 5.26. The number of thioether (sulfide) groups is 1. The first-order chi connectivity index (χ1) is 9.74. The zero-order chi connectivity index (χ0) is 14.4. The van der Waals surface area contributed by atoms with E-state index >= 15 is 0 Å². The Morgan fingerprint density at radius 3 is 2.65 bits per heavy atom. The first-order valence-electron chi connectivity index (χ1n) is 7.04. The summed E-state index contributed by atoms with van der Waals surface area (Å²) in [5, 5.41) is 6.07. The highest BCUT2D eigenvalue weighted by Gasteiger charge is 2.05. The molecule has 2 nitrogen and oxygen atoms in total. The van der Waals surface area contributed by atoms with Crippen LogP contribution in [0.3, 0.4) is 0 Å². The number of hydrogen-bond donors (Lipinski definition) is 1. The molecular formula is C17H23NOS. The van der Waals surface area contributed by atoms with Crippen LogP contribution in [0.2, 0.25) is 0 Å². The second-order valence-corrected chi connectivity index (χ2v) is 5.98. The van der Waals surface area contributed by atoms with Crippen molar-refractivity contribution in [2.45, 2.75) is 19.4 Å². The van der Waals surface area contributed by atoms with Crippen LogP contribution in [-0.2, 0) is 0 Å². The zero-order valence-corrected chi connectivity index (χ0v) is 13.3. The van der Waals surface area contributed by atoms with Gasteiger partial charge in [-0.15, -0.1) is 0 Å². The van der Waals surface area contributed by atoms with Crippen LogP contribution < -0.4 is 10.1 Å². The van der Waals surface area contributed by atoms with Crippen molar-refractivity contribution in [1.82, 2.24) is 5.32 Å². The van der Waals surface area contributed by atoms with Crippen molar-refractivity contribution in [2.24, 2.45) is 0 Å². The zero-order valence-electron chi connectivity index (χ0n) is 12.5. The molecule has 108 valence electrons. The molecule has 0 saturated carbocycles. The van der Waals surface area contributed by atoms with Crippen LogP contribution >= 0.6 is 11.8 Å². The number of nitrogens with one attached hydrogen (secondary N) is 1. The van der Waals surface area contributed by atoms with E-state index in [4.69, 9.17) is 4.74 Å². The van der Waals surface area contributed by atoms with Crippen molar-refractivity contribution in [3.8, 4) is 5.75 Å². The Labute approximate surface area is 125 Å². The van der Waals surface area contributed by atoms with E-state index in [-0.39, 0.29) is 0 Å². The molecule has 0 aliphatic carbocycles. The Hall–Kier alpha value is -1.19. The highest BCUT2D eigenvalue weighted by atomic mass is 32.2. The van der Waals surface area contributed by atoms with Gasteiger partial charge in [-0.1, -0.05) is 18.2 Å². The fourth-order valence-corrected chi connectivity index (χ4v) is 2.72. The van der Waals surface area contributed by atoms with Crippen molar-refractivity contribution in [3.05, 3.63) is 42.0 Å². The quantitative estimate of drug-likeness (QED) is 0.770. The van der Waals surface area contributed by atoms with Crippen LogP contribution in [0.25, 0.3) is 10.8 Å². The lowest BCUT2D eigenvalue weighted by Crippen LogP contribution is -2.20. The molecule has 20 heavy (non-hydrogen) atoms. The molecule has 0 saturated heterocycles. The number of benzene rings is 2. The number of rotatable bonds is 7. The van der Waals surface area contributed by atoms with Gasteiger partial charge in [-0.3, -0.25) is 0 Å². The minimum Gasteiger partial charge on any atom is -0.497 e. The Kier molecular flexibility index (Phi) is 5.74. The summed E-state index contributed by atoms with van der Waals surface area (Å²) in [7, 11) is 1.70. The molecule has 1 unspecified atom stereocenters. The fourth-order valence-electron chi connectivity index (χ4n) is 2.29. The molecule has 0 bridgehead atoms. The summed E-state index contributed by atoms with van der Waals surface area (Å²) in [6.45, 7) is 3.30. The van der Waals surface area contributed by atoms with Crippen molar-refractivity contribution >= 4 is 22.5 Å².